The van der Waals surface area contributed by atoms with Crippen LogP contribution in [0.15, 0.2) is 24.3 Å². The molecule has 4 heteroatoms. The van der Waals surface area contributed by atoms with Crippen molar-refractivity contribution in [2.45, 2.75) is 31.3 Å². The molecule has 4 nitrogen and oxygen atoms in total. The van der Waals surface area contributed by atoms with E-state index in [1.165, 1.54) is 0 Å². The van der Waals surface area contributed by atoms with Crippen molar-refractivity contribution in [1.29, 1.82) is 0 Å². The van der Waals surface area contributed by atoms with E-state index < -0.39 is 5.60 Å². The Bertz CT molecular complexity index is 410. The topological polar surface area (TPSA) is 64.7 Å². The van der Waals surface area contributed by atoms with Crippen molar-refractivity contribution < 1.29 is 14.6 Å². The molecule has 1 fully saturated rings. The van der Waals surface area contributed by atoms with E-state index in [4.69, 9.17) is 15.2 Å². The zero-order valence-electron chi connectivity index (χ0n) is 11.5. The van der Waals surface area contributed by atoms with Crippen LogP contribution in [0.5, 0.6) is 11.5 Å². The molecule has 0 bridgehead atoms. The van der Waals surface area contributed by atoms with Crippen LogP contribution in [0.4, 0.5) is 0 Å². The van der Waals surface area contributed by atoms with Crippen LogP contribution in [0.25, 0.3) is 0 Å². The van der Waals surface area contributed by atoms with Gasteiger partial charge in [-0.3, -0.25) is 0 Å². The van der Waals surface area contributed by atoms with Crippen molar-refractivity contribution in [1.82, 2.24) is 0 Å². The van der Waals surface area contributed by atoms with Crippen LogP contribution in [-0.4, -0.2) is 31.0 Å². The van der Waals surface area contributed by atoms with Gasteiger partial charge in [-0.05, 0) is 37.3 Å². The number of hydrogen-bond acceptors (Lipinski definition) is 4. The fourth-order valence-corrected chi connectivity index (χ4v) is 2.82. The number of methoxy groups -OCH3 is 1. The Kier molecular flexibility index (Phi) is 4.66. The second kappa shape index (κ2) is 6.26. The van der Waals surface area contributed by atoms with Gasteiger partial charge in [-0.1, -0.05) is 12.5 Å². The van der Waals surface area contributed by atoms with Gasteiger partial charge in [0.05, 0.1) is 19.3 Å². The molecule has 1 aromatic rings. The summed E-state index contributed by atoms with van der Waals surface area (Å²) in [6, 6.07) is 7.56. The highest BCUT2D eigenvalue weighted by Gasteiger charge is 2.39. The Hall–Kier alpha value is -1.26. The number of rotatable bonds is 6. The maximum absolute atomic E-state index is 10.3. The molecule has 106 valence electrons. The zero-order valence-corrected chi connectivity index (χ0v) is 11.5. The van der Waals surface area contributed by atoms with E-state index >= 15 is 0 Å². The van der Waals surface area contributed by atoms with E-state index in [2.05, 4.69) is 0 Å². The van der Waals surface area contributed by atoms with E-state index in [0.29, 0.717) is 13.2 Å². The van der Waals surface area contributed by atoms with Gasteiger partial charge < -0.3 is 20.3 Å². The summed E-state index contributed by atoms with van der Waals surface area (Å²) in [7, 11) is 1.64. The van der Waals surface area contributed by atoms with Gasteiger partial charge >= 0.3 is 0 Å². The van der Waals surface area contributed by atoms with Gasteiger partial charge in [-0.25, -0.2) is 0 Å². The number of benzene rings is 1. The number of aliphatic hydroxyl groups is 1. The molecule has 19 heavy (non-hydrogen) atoms. The van der Waals surface area contributed by atoms with Crippen LogP contribution in [0, 0.1) is 5.92 Å². The summed E-state index contributed by atoms with van der Waals surface area (Å²) in [4.78, 5) is 0. The number of ether oxygens (including phenoxy) is 2. The van der Waals surface area contributed by atoms with Gasteiger partial charge in [0.25, 0.3) is 0 Å². The molecule has 2 atom stereocenters. The molecule has 0 heterocycles. The molecule has 2 rings (SSSR count). The molecular weight excluding hydrogens is 242 g/mol. The van der Waals surface area contributed by atoms with Crippen LogP contribution in [0.2, 0.25) is 0 Å². The molecule has 0 aromatic heterocycles. The third-order valence-corrected chi connectivity index (χ3v) is 4.05. The highest BCUT2D eigenvalue weighted by Crippen LogP contribution is 2.37. The predicted octanol–water partition coefficient (Wildman–Crippen LogP) is 1.95. The third-order valence-electron chi connectivity index (χ3n) is 4.05. The van der Waals surface area contributed by atoms with Gasteiger partial charge in [0, 0.05) is 12.6 Å². The fraction of sp³-hybridized carbons (Fsp3) is 0.600. The summed E-state index contributed by atoms with van der Waals surface area (Å²) in [5.74, 6) is 1.84. The van der Waals surface area contributed by atoms with Crippen molar-refractivity contribution in [3.05, 3.63) is 24.3 Å². The zero-order chi connectivity index (χ0) is 13.7. The van der Waals surface area contributed by atoms with Gasteiger partial charge in [0.15, 0.2) is 0 Å². The van der Waals surface area contributed by atoms with E-state index in [-0.39, 0.29) is 5.92 Å². The Morgan fingerprint density at radius 2 is 2.21 bits per heavy atom. The minimum atomic E-state index is -0.683. The first-order valence-electron chi connectivity index (χ1n) is 6.87. The monoisotopic (exact) mass is 265 g/mol. The summed E-state index contributed by atoms with van der Waals surface area (Å²) >= 11 is 0. The third kappa shape index (κ3) is 3.39. The van der Waals surface area contributed by atoms with Crippen molar-refractivity contribution >= 4 is 0 Å². The maximum Gasteiger partial charge on any atom is 0.122 e. The summed E-state index contributed by atoms with van der Waals surface area (Å²) in [5, 5.41) is 10.3. The summed E-state index contributed by atoms with van der Waals surface area (Å²) in [5.41, 5.74) is 4.99. The highest BCUT2D eigenvalue weighted by molar-refractivity contribution is 5.32. The molecule has 0 aliphatic heterocycles. The molecule has 3 N–H and O–H groups in total. The molecule has 1 aliphatic rings. The lowest BCUT2D eigenvalue weighted by Gasteiger charge is -2.28. The largest absolute Gasteiger partial charge is 0.497 e. The fourth-order valence-electron chi connectivity index (χ4n) is 2.82. The smallest absolute Gasteiger partial charge is 0.122 e. The normalized spacial score (nSPS) is 26.4. The lowest BCUT2D eigenvalue weighted by atomic mass is 9.88. The van der Waals surface area contributed by atoms with E-state index in [1.807, 2.05) is 24.3 Å². The van der Waals surface area contributed by atoms with Crippen LogP contribution < -0.4 is 15.2 Å². The average molecular weight is 265 g/mol. The summed E-state index contributed by atoms with van der Waals surface area (Å²) < 4.78 is 10.9. The average Bonchev–Trinajstić information content (AvgIpc) is 2.81. The lowest BCUT2D eigenvalue weighted by molar-refractivity contribution is 0.00354. The summed E-state index contributed by atoms with van der Waals surface area (Å²) in [6.07, 6.45) is 3.74. The van der Waals surface area contributed by atoms with Crippen molar-refractivity contribution in [3.63, 3.8) is 0 Å². The van der Waals surface area contributed by atoms with E-state index in [9.17, 15) is 5.11 Å². The van der Waals surface area contributed by atoms with Crippen LogP contribution in [-0.2, 0) is 0 Å². The first-order valence-corrected chi connectivity index (χ1v) is 6.87. The second-order valence-electron chi connectivity index (χ2n) is 5.21. The predicted molar refractivity (Wildman–Crippen MR) is 74.5 cm³/mol. The first kappa shape index (κ1) is 14.2. The molecule has 0 spiro atoms. The van der Waals surface area contributed by atoms with E-state index in [1.54, 1.807) is 7.11 Å². The van der Waals surface area contributed by atoms with Crippen LogP contribution >= 0.6 is 0 Å². The van der Waals surface area contributed by atoms with Gasteiger partial charge in [0.1, 0.15) is 11.5 Å². The standard InChI is InChI=1S/C15H23NO3/c1-18-13-5-2-6-14(10-13)19-9-7-12-4-3-8-15(12,17)11-16/h2,5-6,10,12,17H,3-4,7-9,11,16H2,1H3. The Morgan fingerprint density at radius 1 is 1.42 bits per heavy atom. The summed E-state index contributed by atoms with van der Waals surface area (Å²) in [6.45, 7) is 0.941. The number of hydrogen-bond donors (Lipinski definition) is 2. The minimum absolute atomic E-state index is 0.253. The SMILES string of the molecule is COc1cccc(OCCC2CCCC2(O)CN)c1. The second-order valence-corrected chi connectivity index (χ2v) is 5.21. The lowest BCUT2D eigenvalue weighted by Crippen LogP contribution is -2.41. The van der Waals surface area contributed by atoms with Gasteiger partial charge in [-0.15, -0.1) is 0 Å². The van der Waals surface area contributed by atoms with Gasteiger partial charge in [-0.2, -0.15) is 0 Å². The minimum Gasteiger partial charge on any atom is -0.497 e. The van der Waals surface area contributed by atoms with Gasteiger partial charge in [0.2, 0.25) is 0 Å². The molecule has 1 saturated carbocycles. The molecule has 0 saturated heterocycles. The molecule has 0 radical (unpaired) electrons. The van der Waals surface area contributed by atoms with E-state index in [0.717, 1.165) is 37.2 Å². The molecule has 2 unspecified atom stereocenters. The Morgan fingerprint density at radius 3 is 2.95 bits per heavy atom. The van der Waals surface area contributed by atoms with Crippen molar-refractivity contribution in [2.75, 3.05) is 20.3 Å². The van der Waals surface area contributed by atoms with Crippen molar-refractivity contribution in [3.8, 4) is 11.5 Å². The molecule has 0 amide bonds. The van der Waals surface area contributed by atoms with Crippen LogP contribution in [0.3, 0.4) is 0 Å². The Labute approximate surface area is 114 Å². The first-order chi connectivity index (χ1) is 9.18. The molecular formula is C15H23NO3. The highest BCUT2D eigenvalue weighted by atomic mass is 16.5. The van der Waals surface area contributed by atoms with Crippen molar-refractivity contribution in [2.24, 2.45) is 11.7 Å². The van der Waals surface area contributed by atoms with Crippen LogP contribution in [0.1, 0.15) is 25.7 Å². The number of nitrogens with two attached hydrogens (primary N) is 1. The quantitative estimate of drug-likeness (QED) is 0.825. The molecule has 1 aromatic carbocycles. The molecule has 1 aliphatic carbocycles. The Balaban J connectivity index is 1.83. The maximum atomic E-state index is 10.3.